The number of rotatable bonds is 9. The van der Waals surface area contributed by atoms with E-state index in [1.807, 2.05) is 27.7 Å². The molecule has 0 aromatic heterocycles. The number of hydrogen-bond acceptors (Lipinski definition) is 4. The average molecular weight is 260 g/mol. The van der Waals surface area contributed by atoms with Gasteiger partial charge in [-0.3, -0.25) is 4.79 Å². The summed E-state index contributed by atoms with van der Waals surface area (Å²) in [5.41, 5.74) is -0.591. The SMILES string of the molecule is CCOC(CC)C(CC)(CC(C)OC)OC(C)=O. The molecule has 0 aliphatic rings. The number of ether oxygens (including phenoxy) is 3. The van der Waals surface area contributed by atoms with Crippen LogP contribution in [-0.2, 0) is 19.0 Å². The smallest absolute Gasteiger partial charge is 0.303 e. The van der Waals surface area contributed by atoms with Crippen LogP contribution < -0.4 is 0 Å². The Labute approximate surface area is 111 Å². The maximum Gasteiger partial charge on any atom is 0.303 e. The van der Waals surface area contributed by atoms with Gasteiger partial charge in [0.2, 0.25) is 0 Å². The van der Waals surface area contributed by atoms with E-state index in [4.69, 9.17) is 14.2 Å². The summed E-state index contributed by atoms with van der Waals surface area (Å²) in [5.74, 6) is -0.265. The summed E-state index contributed by atoms with van der Waals surface area (Å²) in [5, 5.41) is 0. The molecular formula is C14H28O4. The lowest BCUT2D eigenvalue weighted by Gasteiger charge is -2.40. The molecule has 0 aliphatic heterocycles. The van der Waals surface area contributed by atoms with Crippen molar-refractivity contribution in [1.82, 2.24) is 0 Å². The fraction of sp³-hybridized carbons (Fsp3) is 0.929. The van der Waals surface area contributed by atoms with Gasteiger partial charge in [0.1, 0.15) is 5.60 Å². The summed E-state index contributed by atoms with van der Waals surface area (Å²) in [6.07, 6.45) is 2.12. The van der Waals surface area contributed by atoms with Crippen LogP contribution in [0, 0.1) is 0 Å². The molecular weight excluding hydrogens is 232 g/mol. The molecule has 0 spiro atoms. The molecule has 0 rings (SSSR count). The molecule has 0 N–H and O–H groups in total. The normalized spacial score (nSPS) is 17.9. The van der Waals surface area contributed by atoms with Gasteiger partial charge in [0, 0.05) is 27.1 Å². The third kappa shape index (κ3) is 4.94. The predicted octanol–water partition coefficient (Wildman–Crippen LogP) is 2.94. The number of esters is 1. The molecule has 0 saturated carbocycles. The van der Waals surface area contributed by atoms with Gasteiger partial charge in [-0.1, -0.05) is 13.8 Å². The Bertz CT molecular complexity index is 242. The monoisotopic (exact) mass is 260 g/mol. The molecule has 108 valence electrons. The van der Waals surface area contributed by atoms with E-state index in [-0.39, 0.29) is 18.2 Å². The first-order chi connectivity index (χ1) is 8.45. The Morgan fingerprint density at radius 2 is 1.89 bits per heavy atom. The molecule has 0 amide bonds. The molecule has 3 unspecified atom stereocenters. The number of carbonyl (C=O) groups excluding carboxylic acids is 1. The Morgan fingerprint density at radius 3 is 2.22 bits per heavy atom. The highest BCUT2D eigenvalue weighted by Crippen LogP contribution is 2.31. The maximum absolute atomic E-state index is 11.4. The molecule has 3 atom stereocenters. The zero-order chi connectivity index (χ0) is 14.2. The van der Waals surface area contributed by atoms with Crippen molar-refractivity contribution in [2.24, 2.45) is 0 Å². The van der Waals surface area contributed by atoms with Crippen LogP contribution in [0.25, 0.3) is 0 Å². The number of methoxy groups -OCH3 is 1. The molecule has 0 heterocycles. The zero-order valence-electron chi connectivity index (χ0n) is 12.6. The Balaban J connectivity index is 5.10. The first-order valence-corrected chi connectivity index (χ1v) is 6.79. The van der Waals surface area contributed by atoms with Gasteiger partial charge in [-0.15, -0.1) is 0 Å². The van der Waals surface area contributed by atoms with E-state index in [9.17, 15) is 4.79 Å². The summed E-state index contributed by atoms with van der Waals surface area (Å²) < 4.78 is 16.7. The van der Waals surface area contributed by atoms with Gasteiger partial charge in [0.25, 0.3) is 0 Å². The third-order valence-electron chi connectivity index (χ3n) is 3.31. The number of carbonyl (C=O) groups is 1. The van der Waals surface area contributed by atoms with Crippen LogP contribution >= 0.6 is 0 Å². The topological polar surface area (TPSA) is 44.8 Å². The predicted molar refractivity (Wildman–Crippen MR) is 71.6 cm³/mol. The largest absolute Gasteiger partial charge is 0.456 e. The van der Waals surface area contributed by atoms with Gasteiger partial charge in [-0.25, -0.2) is 0 Å². The standard InChI is InChI=1S/C14H28O4/c1-7-13(17-9-3)14(8-2,18-12(5)15)10-11(4)16-6/h11,13H,7-10H2,1-6H3. The minimum atomic E-state index is -0.591. The van der Waals surface area contributed by atoms with E-state index in [2.05, 4.69) is 0 Å². The van der Waals surface area contributed by atoms with Crippen molar-refractivity contribution in [3.63, 3.8) is 0 Å². The lowest BCUT2D eigenvalue weighted by Crippen LogP contribution is -2.49. The Kier molecular flexibility index (Phi) is 8.20. The summed E-state index contributed by atoms with van der Waals surface area (Å²) in [4.78, 5) is 11.4. The van der Waals surface area contributed by atoms with E-state index < -0.39 is 5.60 Å². The van der Waals surface area contributed by atoms with Gasteiger partial charge in [0.15, 0.2) is 0 Å². The van der Waals surface area contributed by atoms with Crippen molar-refractivity contribution < 1.29 is 19.0 Å². The van der Waals surface area contributed by atoms with Gasteiger partial charge < -0.3 is 14.2 Å². The fourth-order valence-electron chi connectivity index (χ4n) is 2.38. The summed E-state index contributed by atoms with van der Waals surface area (Å²) in [7, 11) is 1.67. The molecule has 4 heteroatoms. The van der Waals surface area contributed by atoms with Gasteiger partial charge in [0.05, 0.1) is 12.2 Å². The maximum atomic E-state index is 11.4. The van der Waals surface area contributed by atoms with Crippen LogP contribution in [-0.4, -0.2) is 37.5 Å². The van der Waals surface area contributed by atoms with Crippen LogP contribution in [0.4, 0.5) is 0 Å². The van der Waals surface area contributed by atoms with Gasteiger partial charge in [-0.2, -0.15) is 0 Å². The third-order valence-corrected chi connectivity index (χ3v) is 3.31. The molecule has 0 radical (unpaired) electrons. The first-order valence-electron chi connectivity index (χ1n) is 6.79. The van der Waals surface area contributed by atoms with E-state index in [1.165, 1.54) is 6.92 Å². The minimum absolute atomic E-state index is 0.0267. The Hall–Kier alpha value is -0.610. The van der Waals surface area contributed by atoms with Crippen LogP contribution in [0.15, 0.2) is 0 Å². The highest BCUT2D eigenvalue weighted by molar-refractivity contribution is 5.66. The van der Waals surface area contributed by atoms with E-state index in [1.54, 1.807) is 7.11 Å². The molecule has 18 heavy (non-hydrogen) atoms. The highest BCUT2D eigenvalue weighted by Gasteiger charge is 2.41. The molecule has 0 bridgehead atoms. The zero-order valence-corrected chi connectivity index (χ0v) is 12.6. The molecule has 0 saturated heterocycles. The lowest BCUT2D eigenvalue weighted by atomic mass is 9.85. The quantitative estimate of drug-likeness (QED) is 0.598. The van der Waals surface area contributed by atoms with E-state index in [0.717, 1.165) is 12.8 Å². The second-order valence-corrected chi connectivity index (χ2v) is 4.61. The van der Waals surface area contributed by atoms with Crippen molar-refractivity contribution in [3.8, 4) is 0 Å². The second-order valence-electron chi connectivity index (χ2n) is 4.61. The molecule has 0 fully saturated rings. The van der Waals surface area contributed by atoms with Crippen molar-refractivity contribution in [1.29, 1.82) is 0 Å². The van der Waals surface area contributed by atoms with E-state index in [0.29, 0.717) is 13.0 Å². The minimum Gasteiger partial charge on any atom is -0.456 e. The van der Waals surface area contributed by atoms with Crippen LogP contribution in [0.3, 0.4) is 0 Å². The molecule has 4 nitrogen and oxygen atoms in total. The first kappa shape index (κ1) is 17.4. The molecule has 0 aromatic rings. The van der Waals surface area contributed by atoms with Crippen molar-refractivity contribution in [2.75, 3.05) is 13.7 Å². The Morgan fingerprint density at radius 1 is 1.28 bits per heavy atom. The summed E-state index contributed by atoms with van der Waals surface area (Å²) in [6.45, 7) is 10.1. The van der Waals surface area contributed by atoms with Gasteiger partial charge >= 0.3 is 5.97 Å². The van der Waals surface area contributed by atoms with Crippen LogP contribution in [0.5, 0.6) is 0 Å². The van der Waals surface area contributed by atoms with Crippen molar-refractivity contribution >= 4 is 5.97 Å². The summed E-state index contributed by atoms with van der Waals surface area (Å²) >= 11 is 0. The highest BCUT2D eigenvalue weighted by atomic mass is 16.6. The van der Waals surface area contributed by atoms with E-state index >= 15 is 0 Å². The second kappa shape index (κ2) is 8.48. The lowest BCUT2D eigenvalue weighted by molar-refractivity contribution is -0.185. The van der Waals surface area contributed by atoms with Gasteiger partial charge in [-0.05, 0) is 26.7 Å². The van der Waals surface area contributed by atoms with Crippen molar-refractivity contribution in [3.05, 3.63) is 0 Å². The average Bonchev–Trinajstić information content (AvgIpc) is 2.34. The molecule has 0 aliphatic carbocycles. The fourth-order valence-corrected chi connectivity index (χ4v) is 2.38. The number of hydrogen-bond donors (Lipinski definition) is 0. The van der Waals surface area contributed by atoms with Crippen LogP contribution in [0.2, 0.25) is 0 Å². The van der Waals surface area contributed by atoms with Crippen molar-refractivity contribution in [2.45, 2.75) is 71.7 Å². The van der Waals surface area contributed by atoms with Crippen LogP contribution in [0.1, 0.15) is 53.9 Å². The molecule has 0 aromatic carbocycles. The summed E-state index contributed by atoms with van der Waals surface area (Å²) in [6, 6.07) is 0.